The van der Waals surface area contributed by atoms with E-state index in [1.54, 1.807) is 24.4 Å². The third-order valence-corrected chi connectivity index (χ3v) is 2.80. The van der Waals surface area contributed by atoms with E-state index >= 15 is 0 Å². The minimum atomic E-state index is -0.437. The molecule has 0 fully saturated rings. The van der Waals surface area contributed by atoms with E-state index in [2.05, 4.69) is 11.6 Å². The second-order valence-corrected chi connectivity index (χ2v) is 3.92. The maximum Gasteiger partial charge on any atom is 0.249 e. The van der Waals surface area contributed by atoms with Gasteiger partial charge >= 0.3 is 0 Å². The van der Waals surface area contributed by atoms with Crippen LogP contribution < -0.4 is 5.73 Å². The Bertz CT molecular complexity index is 564. The first kappa shape index (κ1) is 12.0. The molecule has 3 nitrogen and oxygen atoms in total. The van der Waals surface area contributed by atoms with Gasteiger partial charge in [0.05, 0.1) is 5.69 Å². The molecule has 2 aromatic rings. The summed E-state index contributed by atoms with van der Waals surface area (Å²) in [6, 6.07) is 12.9. The van der Waals surface area contributed by atoms with Crippen LogP contribution in [0.2, 0.25) is 0 Å². The van der Waals surface area contributed by atoms with Crippen molar-refractivity contribution in [3.8, 4) is 0 Å². The molecule has 3 heteroatoms. The van der Waals surface area contributed by atoms with E-state index in [0.717, 1.165) is 11.3 Å². The molecule has 90 valence electrons. The number of carbonyl (C=O) groups is 1. The molecule has 1 heterocycles. The van der Waals surface area contributed by atoms with Crippen molar-refractivity contribution in [3.63, 3.8) is 0 Å². The minimum absolute atomic E-state index is 0.130. The van der Waals surface area contributed by atoms with Crippen LogP contribution in [-0.2, 0) is 0 Å². The summed E-state index contributed by atoms with van der Waals surface area (Å²) in [6.07, 6.45) is 3.49. The van der Waals surface area contributed by atoms with Gasteiger partial charge in [-0.25, -0.2) is 0 Å². The highest BCUT2D eigenvalue weighted by Crippen LogP contribution is 2.26. The van der Waals surface area contributed by atoms with Crippen LogP contribution in [0.3, 0.4) is 0 Å². The maximum absolute atomic E-state index is 11.4. The Kier molecular flexibility index (Phi) is 3.53. The first-order valence-corrected chi connectivity index (χ1v) is 5.66. The van der Waals surface area contributed by atoms with E-state index in [4.69, 9.17) is 5.73 Å². The van der Waals surface area contributed by atoms with Gasteiger partial charge in [0.1, 0.15) is 0 Å². The van der Waals surface area contributed by atoms with Crippen molar-refractivity contribution in [1.82, 2.24) is 4.98 Å². The Hall–Kier alpha value is -2.42. The second-order valence-electron chi connectivity index (χ2n) is 3.92. The van der Waals surface area contributed by atoms with Crippen LogP contribution in [0, 0.1) is 0 Å². The summed E-state index contributed by atoms with van der Waals surface area (Å²) in [5, 5.41) is 0. The van der Waals surface area contributed by atoms with Gasteiger partial charge in [-0.1, -0.05) is 30.3 Å². The number of rotatable bonds is 4. The van der Waals surface area contributed by atoms with Gasteiger partial charge in [-0.3, -0.25) is 9.78 Å². The third-order valence-electron chi connectivity index (χ3n) is 2.80. The first-order valence-electron chi connectivity index (χ1n) is 5.66. The molecular weight excluding hydrogens is 224 g/mol. The molecule has 0 aliphatic heterocycles. The highest BCUT2D eigenvalue weighted by Gasteiger charge is 2.17. The van der Waals surface area contributed by atoms with Crippen LogP contribution in [0.4, 0.5) is 0 Å². The Balaban J connectivity index is 2.52. The molecule has 1 aromatic heterocycles. The summed E-state index contributed by atoms with van der Waals surface area (Å²) in [4.78, 5) is 15.7. The lowest BCUT2D eigenvalue weighted by molar-refractivity contribution is 0.0999. The van der Waals surface area contributed by atoms with Crippen LogP contribution in [0.5, 0.6) is 0 Å². The lowest BCUT2D eigenvalue weighted by Gasteiger charge is -2.15. The number of allylic oxidation sites excluding steroid dienone is 1. The molecule has 1 amide bonds. The van der Waals surface area contributed by atoms with Crippen molar-refractivity contribution in [2.45, 2.75) is 5.92 Å². The standard InChI is InChI=1S/C15H14N2O/c1-2-11(14-9-5-6-10-17-14)12-7-3-4-8-13(12)15(16)18/h2-11H,1H2,(H2,16,18). The first-order chi connectivity index (χ1) is 8.74. The average Bonchev–Trinajstić information content (AvgIpc) is 2.41. The molecule has 2 rings (SSSR count). The van der Waals surface area contributed by atoms with Gasteiger partial charge in [0.25, 0.3) is 0 Å². The fourth-order valence-electron chi connectivity index (χ4n) is 1.96. The smallest absolute Gasteiger partial charge is 0.249 e. The fraction of sp³-hybridized carbons (Fsp3) is 0.0667. The molecule has 1 aromatic carbocycles. The van der Waals surface area contributed by atoms with Gasteiger partial charge < -0.3 is 5.73 Å². The molecule has 0 aliphatic carbocycles. The zero-order valence-electron chi connectivity index (χ0n) is 9.91. The van der Waals surface area contributed by atoms with Gasteiger partial charge in [-0.15, -0.1) is 6.58 Å². The number of hydrogen-bond acceptors (Lipinski definition) is 2. The normalized spacial score (nSPS) is 11.8. The zero-order valence-corrected chi connectivity index (χ0v) is 9.91. The van der Waals surface area contributed by atoms with E-state index in [1.807, 2.05) is 30.3 Å². The number of nitrogens with zero attached hydrogens (tertiary/aromatic N) is 1. The van der Waals surface area contributed by atoms with Gasteiger partial charge in [-0.05, 0) is 23.8 Å². The number of nitrogens with two attached hydrogens (primary N) is 1. The number of hydrogen-bond donors (Lipinski definition) is 1. The highest BCUT2D eigenvalue weighted by molar-refractivity contribution is 5.94. The summed E-state index contributed by atoms with van der Waals surface area (Å²) < 4.78 is 0. The van der Waals surface area contributed by atoms with E-state index in [9.17, 15) is 4.79 Å². The molecule has 0 spiro atoms. The third kappa shape index (κ3) is 2.30. The largest absolute Gasteiger partial charge is 0.366 e. The second kappa shape index (κ2) is 5.27. The average molecular weight is 238 g/mol. The lowest BCUT2D eigenvalue weighted by Crippen LogP contribution is -2.15. The van der Waals surface area contributed by atoms with Crippen LogP contribution in [-0.4, -0.2) is 10.9 Å². The number of primary amides is 1. The number of aromatic nitrogens is 1. The molecule has 0 aliphatic rings. The topological polar surface area (TPSA) is 56.0 Å². The van der Waals surface area contributed by atoms with Crippen molar-refractivity contribution in [2.24, 2.45) is 5.73 Å². The Morgan fingerprint density at radius 2 is 1.94 bits per heavy atom. The molecule has 0 saturated carbocycles. The van der Waals surface area contributed by atoms with Gasteiger partial charge in [0.15, 0.2) is 0 Å². The lowest BCUT2D eigenvalue weighted by atomic mass is 9.91. The van der Waals surface area contributed by atoms with Gasteiger partial charge in [-0.2, -0.15) is 0 Å². The van der Waals surface area contributed by atoms with Crippen molar-refractivity contribution in [1.29, 1.82) is 0 Å². The summed E-state index contributed by atoms with van der Waals surface area (Å²) in [5.41, 5.74) is 7.58. The molecule has 1 atom stereocenters. The van der Waals surface area contributed by atoms with Crippen LogP contribution in [0.25, 0.3) is 0 Å². The van der Waals surface area contributed by atoms with E-state index in [0.29, 0.717) is 5.56 Å². The van der Waals surface area contributed by atoms with Crippen molar-refractivity contribution in [3.05, 3.63) is 78.1 Å². The SMILES string of the molecule is C=CC(c1ccccn1)c1ccccc1C(N)=O. The molecule has 0 bridgehead atoms. The quantitative estimate of drug-likeness (QED) is 0.832. The highest BCUT2D eigenvalue weighted by atomic mass is 16.1. The van der Waals surface area contributed by atoms with Crippen molar-refractivity contribution in [2.75, 3.05) is 0 Å². The van der Waals surface area contributed by atoms with Gasteiger partial charge in [0.2, 0.25) is 5.91 Å². The number of pyridine rings is 1. The van der Waals surface area contributed by atoms with E-state index < -0.39 is 5.91 Å². The Morgan fingerprint density at radius 1 is 1.22 bits per heavy atom. The number of amides is 1. The fourth-order valence-corrected chi connectivity index (χ4v) is 1.96. The predicted molar refractivity (Wildman–Crippen MR) is 71.2 cm³/mol. The zero-order chi connectivity index (χ0) is 13.0. The van der Waals surface area contributed by atoms with Crippen molar-refractivity contribution >= 4 is 5.91 Å². The summed E-state index contributed by atoms with van der Waals surface area (Å²) >= 11 is 0. The molecule has 1 unspecified atom stereocenters. The maximum atomic E-state index is 11.4. The summed E-state index contributed by atoms with van der Waals surface area (Å²) in [7, 11) is 0. The van der Waals surface area contributed by atoms with Crippen LogP contribution in [0.15, 0.2) is 61.3 Å². The molecule has 0 radical (unpaired) electrons. The summed E-state index contributed by atoms with van der Waals surface area (Å²) in [6.45, 7) is 3.82. The summed E-state index contributed by atoms with van der Waals surface area (Å²) in [5.74, 6) is -0.566. The molecular formula is C15H14N2O. The Morgan fingerprint density at radius 3 is 2.56 bits per heavy atom. The number of benzene rings is 1. The van der Waals surface area contributed by atoms with Crippen molar-refractivity contribution < 1.29 is 4.79 Å². The minimum Gasteiger partial charge on any atom is -0.366 e. The van der Waals surface area contributed by atoms with Gasteiger partial charge in [0, 0.05) is 17.7 Å². The van der Waals surface area contributed by atoms with Crippen LogP contribution in [0.1, 0.15) is 27.5 Å². The predicted octanol–water partition coefficient (Wildman–Crippen LogP) is 2.50. The van der Waals surface area contributed by atoms with E-state index in [-0.39, 0.29) is 5.92 Å². The Labute approximate surface area is 106 Å². The molecule has 18 heavy (non-hydrogen) atoms. The van der Waals surface area contributed by atoms with Crippen LogP contribution >= 0.6 is 0 Å². The number of carbonyl (C=O) groups excluding carboxylic acids is 1. The monoisotopic (exact) mass is 238 g/mol. The molecule has 0 saturated heterocycles. The van der Waals surface area contributed by atoms with E-state index in [1.165, 1.54) is 0 Å². The molecule has 2 N–H and O–H groups in total.